The number of rotatable bonds is 5. The molecule has 0 atom stereocenters. The third-order valence-corrected chi connectivity index (χ3v) is 8.05. The molecule has 2 aromatic heterocycles. The molecular formula is C29H34N6O5. The Balaban J connectivity index is 1.37. The third kappa shape index (κ3) is 4.43. The minimum absolute atomic E-state index is 0.200. The molecule has 2 aliphatic heterocycles. The molecule has 0 unspecified atom stereocenters. The van der Waals surface area contributed by atoms with Crippen LogP contribution >= 0.6 is 0 Å². The molecule has 0 bridgehead atoms. The summed E-state index contributed by atoms with van der Waals surface area (Å²) in [6.07, 6.45) is 1.27. The van der Waals surface area contributed by atoms with Crippen LogP contribution < -0.4 is 30.5 Å². The van der Waals surface area contributed by atoms with Crippen LogP contribution in [0.5, 0.6) is 11.5 Å². The Morgan fingerprint density at radius 1 is 0.875 bits per heavy atom. The van der Waals surface area contributed by atoms with E-state index in [0.29, 0.717) is 80.6 Å². The van der Waals surface area contributed by atoms with E-state index in [1.807, 2.05) is 37.3 Å². The molecule has 2 aromatic carbocycles. The number of hydrogen-bond acceptors (Lipinski definition) is 9. The topological polar surface area (TPSA) is 104 Å². The molecule has 210 valence electrons. The Labute approximate surface area is 231 Å². The number of methoxy groups -OCH3 is 2. The number of fused-ring (bicyclic) bond motifs is 2. The van der Waals surface area contributed by atoms with E-state index in [0.717, 1.165) is 22.3 Å². The van der Waals surface area contributed by atoms with E-state index in [1.54, 1.807) is 25.8 Å². The molecule has 11 heteroatoms. The number of piperidine rings is 1. The lowest BCUT2D eigenvalue weighted by molar-refractivity contribution is 0.122. The number of anilines is 2. The normalized spacial score (nSPS) is 16.6. The van der Waals surface area contributed by atoms with Crippen molar-refractivity contribution in [3.8, 4) is 11.5 Å². The molecule has 0 aliphatic carbocycles. The lowest BCUT2D eigenvalue weighted by atomic mass is 10.0. The molecule has 0 N–H and O–H groups in total. The largest absolute Gasteiger partial charge is 0.493 e. The number of morpholine rings is 1. The third-order valence-electron chi connectivity index (χ3n) is 8.05. The molecule has 6 rings (SSSR count). The van der Waals surface area contributed by atoms with Crippen molar-refractivity contribution in [3.63, 3.8) is 0 Å². The maximum Gasteiger partial charge on any atom is 0.331 e. The predicted octanol–water partition coefficient (Wildman–Crippen LogP) is 2.65. The van der Waals surface area contributed by atoms with Gasteiger partial charge in [0.1, 0.15) is 5.82 Å². The molecule has 11 nitrogen and oxygen atoms in total. The number of hydrogen-bond donors (Lipinski definition) is 0. The van der Waals surface area contributed by atoms with Crippen molar-refractivity contribution in [1.82, 2.24) is 19.1 Å². The van der Waals surface area contributed by atoms with Gasteiger partial charge in [-0.05, 0) is 38.0 Å². The highest BCUT2D eigenvalue weighted by Crippen LogP contribution is 2.37. The summed E-state index contributed by atoms with van der Waals surface area (Å²) in [5, 5.41) is 1.44. The summed E-state index contributed by atoms with van der Waals surface area (Å²) >= 11 is 0. The van der Waals surface area contributed by atoms with Crippen LogP contribution in [-0.2, 0) is 11.8 Å². The Morgan fingerprint density at radius 3 is 2.27 bits per heavy atom. The molecule has 2 saturated heterocycles. The first-order chi connectivity index (χ1) is 19.4. The van der Waals surface area contributed by atoms with Gasteiger partial charge in [-0.25, -0.2) is 9.78 Å². The van der Waals surface area contributed by atoms with Gasteiger partial charge in [0, 0.05) is 50.7 Å². The second-order valence-electron chi connectivity index (χ2n) is 10.4. The molecule has 0 amide bonds. The summed E-state index contributed by atoms with van der Waals surface area (Å²) in [6, 6.07) is 9.24. The summed E-state index contributed by atoms with van der Waals surface area (Å²) in [5.74, 6) is 2.67. The van der Waals surface area contributed by atoms with Crippen molar-refractivity contribution in [2.24, 2.45) is 7.05 Å². The average Bonchev–Trinajstić information content (AvgIpc) is 2.99. The van der Waals surface area contributed by atoms with Crippen molar-refractivity contribution < 1.29 is 14.2 Å². The number of nitrogens with zero attached hydrogens (tertiary/aromatic N) is 6. The fourth-order valence-electron chi connectivity index (χ4n) is 5.83. The molecule has 0 spiro atoms. The second kappa shape index (κ2) is 10.5. The van der Waals surface area contributed by atoms with Gasteiger partial charge in [0.05, 0.1) is 43.9 Å². The molecule has 4 aromatic rings. The van der Waals surface area contributed by atoms with Gasteiger partial charge in [-0.3, -0.25) is 13.9 Å². The van der Waals surface area contributed by atoms with Crippen LogP contribution in [0.4, 0.5) is 11.8 Å². The Bertz CT molecular complexity index is 1700. The molecule has 0 saturated carbocycles. The zero-order valence-electron chi connectivity index (χ0n) is 23.3. The Morgan fingerprint density at radius 2 is 1.57 bits per heavy atom. The Hall–Kier alpha value is -4.12. The smallest absolute Gasteiger partial charge is 0.331 e. The Kier molecular flexibility index (Phi) is 6.83. The minimum Gasteiger partial charge on any atom is -0.493 e. The van der Waals surface area contributed by atoms with Gasteiger partial charge < -0.3 is 24.0 Å². The SMILES string of the molecule is COc1cc2nc(N3CCOCC3)nc(N3CCC(n4c(=O)c5cc(C)ccc5n(C)c4=O)CC3)c2cc1OC. The fraction of sp³-hybridized carbons (Fsp3) is 0.448. The zero-order valence-corrected chi connectivity index (χ0v) is 23.3. The first-order valence-corrected chi connectivity index (χ1v) is 13.6. The molecule has 0 radical (unpaired) electrons. The summed E-state index contributed by atoms with van der Waals surface area (Å²) in [7, 11) is 4.95. The van der Waals surface area contributed by atoms with Gasteiger partial charge in [0.15, 0.2) is 11.5 Å². The summed E-state index contributed by atoms with van der Waals surface area (Å²) in [4.78, 5) is 41.1. The first-order valence-electron chi connectivity index (χ1n) is 13.6. The summed E-state index contributed by atoms with van der Waals surface area (Å²) in [6.45, 7) is 5.91. The van der Waals surface area contributed by atoms with Gasteiger partial charge in [0.2, 0.25) is 5.95 Å². The summed E-state index contributed by atoms with van der Waals surface area (Å²) in [5.41, 5.74) is 1.91. The van der Waals surface area contributed by atoms with E-state index in [4.69, 9.17) is 24.2 Å². The van der Waals surface area contributed by atoms with Crippen molar-refractivity contribution in [2.45, 2.75) is 25.8 Å². The van der Waals surface area contributed by atoms with E-state index in [2.05, 4.69) is 9.80 Å². The molecule has 4 heterocycles. The molecule has 2 aliphatic rings. The predicted molar refractivity (Wildman–Crippen MR) is 154 cm³/mol. The van der Waals surface area contributed by atoms with Crippen molar-refractivity contribution in [2.75, 3.05) is 63.4 Å². The number of benzene rings is 2. The molecular weight excluding hydrogens is 512 g/mol. The first kappa shape index (κ1) is 26.1. The van der Waals surface area contributed by atoms with E-state index >= 15 is 0 Å². The highest BCUT2D eigenvalue weighted by atomic mass is 16.5. The standard InChI is InChI=1S/C29H34N6O5/c1-18-5-6-23-21(15-18)27(36)35(29(37)32(23)2)19-7-9-33(10-8-19)26-20-16-24(38-3)25(39-4)17-22(20)30-28(31-26)34-11-13-40-14-12-34/h5-6,15-17,19H,7-14H2,1-4H3. The monoisotopic (exact) mass is 546 g/mol. The van der Waals surface area contributed by atoms with E-state index in [-0.39, 0.29) is 17.3 Å². The highest BCUT2D eigenvalue weighted by Gasteiger charge is 2.28. The van der Waals surface area contributed by atoms with Gasteiger partial charge in [-0.2, -0.15) is 4.98 Å². The number of aryl methyl sites for hydroxylation is 2. The second-order valence-corrected chi connectivity index (χ2v) is 10.4. The fourth-order valence-corrected chi connectivity index (χ4v) is 5.83. The van der Waals surface area contributed by atoms with Crippen molar-refractivity contribution in [1.29, 1.82) is 0 Å². The van der Waals surface area contributed by atoms with Gasteiger partial charge >= 0.3 is 5.69 Å². The molecule has 2 fully saturated rings. The maximum atomic E-state index is 13.5. The minimum atomic E-state index is -0.279. The zero-order chi connectivity index (χ0) is 28.0. The van der Waals surface area contributed by atoms with Crippen LogP contribution in [0.2, 0.25) is 0 Å². The number of aromatic nitrogens is 4. The van der Waals surface area contributed by atoms with E-state index < -0.39 is 0 Å². The molecule has 40 heavy (non-hydrogen) atoms. The van der Waals surface area contributed by atoms with Crippen molar-refractivity contribution >= 4 is 33.6 Å². The van der Waals surface area contributed by atoms with E-state index in [1.165, 1.54) is 4.57 Å². The highest BCUT2D eigenvalue weighted by molar-refractivity contribution is 5.93. The van der Waals surface area contributed by atoms with Gasteiger partial charge in [-0.15, -0.1) is 0 Å². The summed E-state index contributed by atoms with van der Waals surface area (Å²) < 4.78 is 19.7. The van der Waals surface area contributed by atoms with Crippen LogP contribution in [0.3, 0.4) is 0 Å². The number of ether oxygens (including phenoxy) is 3. The van der Waals surface area contributed by atoms with Crippen LogP contribution in [0.25, 0.3) is 21.8 Å². The van der Waals surface area contributed by atoms with Crippen LogP contribution in [0.1, 0.15) is 24.4 Å². The van der Waals surface area contributed by atoms with Crippen LogP contribution in [0.15, 0.2) is 39.9 Å². The quantitative estimate of drug-likeness (QED) is 0.374. The lowest BCUT2D eigenvalue weighted by Crippen LogP contribution is -2.45. The van der Waals surface area contributed by atoms with Crippen LogP contribution in [0, 0.1) is 6.92 Å². The van der Waals surface area contributed by atoms with Gasteiger partial charge in [-0.1, -0.05) is 11.6 Å². The van der Waals surface area contributed by atoms with E-state index in [9.17, 15) is 9.59 Å². The van der Waals surface area contributed by atoms with Crippen molar-refractivity contribution in [3.05, 3.63) is 56.7 Å². The maximum absolute atomic E-state index is 13.5. The van der Waals surface area contributed by atoms with Crippen LogP contribution in [-0.4, -0.2) is 72.7 Å². The lowest BCUT2D eigenvalue weighted by Gasteiger charge is -2.35. The average molecular weight is 547 g/mol. The van der Waals surface area contributed by atoms with Gasteiger partial charge in [0.25, 0.3) is 5.56 Å².